The molecule has 0 N–H and O–H groups in total. The van der Waals surface area contributed by atoms with E-state index in [-0.39, 0.29) is 24.4 Å². The summed E-state index contributed by atoms with van der Waals surface area (Å²) in [6.45, 7) is 5.13. The van der Waals surface area contributed by atoms with E-state index in [1.807, 2.05) is 6.26 Å². The molecule has 0 fully saturated rings. The van der Waals surface area contributed by atoms with Crippen LogP contribution in [0.1, 0.15) is 31.9 Å². The predicted molar refractivity (Wildman–Crippen MR) is 125 cm³/mol. The molecule has 0 spiro atoms. The summed E-state index contributed by atoms with van der Waals surface area (Å²) in [4.78, 5) is 11.8. The first kappa shape index (κ1) is 26.2. The fraction of sp³-hybridized carbons (Fsp3) is 0.435. The van der Waals surface area contributed by atoms with Gasteiger partial charge in [-0.3, -0.25) is 9.10 Å². The van der Waals surface area contributed by atoms with E-state index in [0.29, 0.717) is 17.4 Å². The molecule has 2 aromatic carbocycles. The molecule has 1 aliphatic rings. The number of carbonyl (C=O) groups is 1. The lowest BCUT2D eigenvalue weighted by Crippen LogP contribution is -2.44. The van der Waals surface area contributed by atoms with E-state index in [1.165, 1.54) is 17.8 Å². The molecule has 1 heterocycles. The number of alkyl halides is 3. The number of hydrogen-bond donors (Lipinski definition) is 0. The number of nitrogens with zero attached hydrogens (tertiary/aromatic N) is 1. The Hall–Kier alpha value is -2.40. The molecule has 0 unspecified atom stereocenters. The van der Waals surface area contributed by atoms with E-state index < -0.39 is 44.3 Å². The molecule has 11 heteroatoms. The molecule has 0 aromatic heterocycles. The first-order valence-corrected chi connectivity index (χ1v) is 13.2. The molecule has 0 amide bonds. The minimum absolute atomic E-state index is 0.0810. The van der Waals surface area contributed by atoms with E-state index in [1.54, 1.807) is 32.9 Å². The van der Waals surface area contributed by atoms with Crippen LogP contribution < -0.4 is 9.04 Å². The number of fused-ring (bicyclic) bond motifs is 1. The highest BCUT2D eigenvalue weighted by molar-refractivity contribution is 7.98. The van der Waals surface area contributed by atoms with Gasteiger partial charge in [-0.1, -0.05) is 12.1 Å². The van der Waals surface area contributed by atoms with Gasteiger partial charge in [0.1, 0.15) is 17.5 Å². The highest BCUT2D eigenvalue weighted by Crippen LogP contribution is 2.39. The van der Waals surface area contributed by atoms with Gasteiger partial charge < -0.3 is 9.47 Å². The standard InChI is InChI=1S/C23H26F3NO5S2/c1-22(2,3)32-21(28)11-15-8-9-20-19(10-15)27(13-17(31-20)14-33-4)34(29,30)18-7-5-6-16(12-18)23(24,25)26/h5-10,12,17H,11,13-14H2,1-4H3/t17-/m1/s1. The van der Waals surface area contributed by atoms with E-state index >= 15 is 0 Å². The van der Waals surface area contributed by atoms with E-state index in [4.69, 9.17) is 9.47 Å². The fourth-order valence-electron chi connectivity index (χ4n) is 3.47. The van der Waals surface area contributed by atoms with E-state index in [2.05, 4.69) is 0 Å². The monoisotopic (exact) mass is 517 g/mol. The number of hydrogen-bond acceptors (Lipinski definition) is 6. The Bertz CT molecular complexity index is 1160. The summed E-state index contributed by atoms with van der Waals surface area (Å²) in [5, 5.41) is 0. The van der Waals surface area contributed by atoms with Gasteiger partial charge in [0.25, 0.3) is 10.0 Å². The van der Waals surface area contributed by atoms with Crippen molar-refractivity contribution in [3.63, 3.8) is 0 Å². The minimum Gasteiger partial charge on any atom is -0.485 e. The van der Waals surface area contributed by atoms with Gasteiger partial charge in [-0.05, 0) is 62.9 Å². The number of esters is 1. The van der Waals surface area contributed by atoms with Crippen molar-refractivity contribution in [3.8, 4) is 5.75 Å². The molecule has 1 aliphatic heterocycles. The lowest BCUT2D eigenvalue weighted by Gasteiger charge is -2.35. The highest BCUT2D eigenvalue weighted by atomic mass is 32.2. The second-order valence-electron chi connectivity index (χ2n) is 8.82. The van der Waals surface area contributed by atoms with Gasteiger partial charge in [-0.15, -0.1) is 0 Å². The van der Waals surface area contributed by atoms with Gasteiger partial charge in [0.05, 0.1) is 29.1 Å². The lowest BCUT2D eigenvalue weighted by atomic mass is 10.1. The maximum Gasteiger partial charge on any atom is 0.416 e. The summed E-state index contributed by atoms with van der Waals surface area (Å²) in [6, 6.07) is 8.35. The van der Waals surface area contributed by atoms with Crippen LogP contribution >= 0.6 is 11.8 Å². The molecule has 1 atom stereocenters. The maximum atomic E-state index is 13.5. The number of thioether (sulfide) groups is 1. The third-order valence-corrected chi connectivity index (χ3v) is 7.31. The molecule has 34 heavy (non-hydrogen) atoms. The Balaban J connectivity index is 2.02. The third kappa shape index (κ3) is 6.18. The number of sulfonamides is 1. The second kappa shape index (κ2) is 9.69. The van der Waals surface area contributed by atoms with Crippen LogP contribution in [0.5, 0.6) is 5.75 Å². The summed E-state index contributed by atoms with van der Waals surface area (Å²) in [5.41, 5.74) is -1.08. The number of anilines is 1. The van der Waals surface area contributed by atoms with Crippen LogP contribution in [0.15, 0.2) is 47.4 Å². The highest BCUT2D eigenvalue weighted by Gasteiger charge is 2.37. The zero-order valence-electron chi connectivity index (χ0n) is 19.2. The zero-order chi connectivity index (χ0) is 25.3. The number of rotatable bonds is 6. The van der Waals surface area contributed by atoms with Crippen LogP contribution in [-0.2, 0) is 32.2 Å². The number of ether oxygens (including phenoxy) is 2. The molecule has 0 saturated heterocycles. The molecule has 0 saturated carbocycles. The van der Waals surface area contributed by atoms with Gasteiger partial charge in [-0.2, -0.15) is 24.9 Å². The fourth-order valence-corrected chi connectivity index (χ4v) is 5.56. The Kier molecular flexibility index (Phi) is 7.47. The minimum atomic E-state index is -4.68. The Labute approximate surface area is 201 Å². The predicted octanol–water partition coefficient (Wildman–Crippen LogP) is 4.91. The number of halogens is 3. The van der Waals surface area contributed by atoms with E-state index in [9.17, 15) is 26.4 Å². The lowest BCUT2D eigenvalue weighted by molar-refractivity contribution is -0.153. The van der Waals surface area contributed by atoms with Crippen molar-refractivity contribution in [3.05, 3.63) is 53.6 Å². The topological polar surface area (TPSA) is 72.9 Å². The molecule has 0 radical (unpaired) electrons. The van der Waals surface area contributed by atoms with Gasteiger partial charge >= 0.3 is 12.1 Å². The summed E-state index contributed by atoms with van der Waals surface area (Å²) in [6.07, 6.45) is -3.44. The second-order valence-corrected chi connectivity index (χ2v) is 11.6. The van der Waals surface area contributed by atoms with Crippen LogP contribution in [0.2, 0.25) is 0 Å². The van der Waals surface area contributed by atoms with Crippen molar-refractivity contribution in [2.24, 2.45) is 0 Å². The van der Waals surface area contributed by atoms with Crippen LogP contribution in [0, 0.1) is 0 Å². The van der Waals surface area contributed by atoms with Crippen LogP contribution in [0.3, 0.4) is 0 Å². The van der Waals surface area contributed by atoms with Gasteiger partial charge in [-0.25, -0.2) is 8.42 Å². The van der Waals surface area contributed by atoms with Crippen molar-refractivity contribution in [2.45, 2.75) is 50.0 Å². The van der Waals surface area contributed by atoms with Gasteiger partial charge in [0.2, 0.25) is 0 Å². The van der Waals surface area contributed by atoms with Gasteiger partial charge in [0.15, 0.2) is 0 Å². The molecule has 3 rings (SSSR count). The first-order chi connectivity index (χ1) is 15.7. The van der Waals surface area contributed by atoms with Crippen molar-refractivity contribution >= 4 is 33.4 Å². The summed E-state index contributed by atoms with van der Waals surface area (Å²) >= 11 is 1.46. The smallest absolute Gasteiger partial charge is 0.416 e. The van der Waals surface area contributed by atoms with Crippen molar-refractivity contribution < 1.29 is 35.9 Å². The average molecular weight is 518 g/mol. The largest absolute Gasteiger partial charge is 0.485 e. The van der Waals surface area contributed by atoms with Crippen molar-refractivity contribution in [2.75, 3.05) is 22.9 Å². The van der Waals surface area contributed by atoms with Crippen LogP contribution in [-0.4, -0.2) is 44.6 Å². The third-order valence-electron chi connectivity index (χ3n) is 4.83. The van der Waals surface area contributed by atoms with Crippen LogP contribution in [0.4, 0.5) is 18.9 Å². The summed E-state index contributed by atoms with van der Waals surface area (Å²) < 4.78 is 79.0. The average Bonchev–Trinajstić information content (AvgIpc) is 2.71. The molecular formula is C23H26F3NO5S2. The molecule has 6 nitrogen and oxygen atoms in total. The SMILES string of the molecule is CSC[C@H]1CN(S(=O)(=O)c2cccc(C(F)(F)F)c2)c2cc(CC(=O)OC(C)(C)C)ccc2O1. The summed E-state index contributed by atoms with van der Waals surface area (Å²) in [7, 11) is -4.36. The summed E-state index contributed by atoms with van der Waals surface area (Å²) in [5.74, 6) is 0.263. The zero-order valence-corrected chi connectivity index (χ0v) is 20.8. The molecule has 186 valence electrons. The molecule has 2 aromatic rings. The molecular weight excluding hydrogens is 491 g/mol. The van der Waals surface area contributed by atoms with Crippen LogP contribution in [0.25, 0.3) is 0 Å². The normalized spacial score (nSPS) is 16.6. The van der Waals surface area contributed by atoms with Gasteiger partial charge in [0, 0.05) is 5.75 Å². The van der Waals surface area contributed by atoms with E-state index in [0.717, 1.165) is 22.5 Å². The van der Waals surface area contributed by atoms with Crippen molar-refractivity contribution in [1.29, 1.82) is 0 Å². The Morgan fingerprint density at radius 3 is 2.50 bits per heavy atom. The molecule has 0 bridgehead atoms. The number of carbonyl (C=O) groups excluding carboxylic acids is 1. The maximum absolute atomic E-state index is 13.5. The quantitative estimate of drug-likeness (QED) is 0.507. The Morgan fingerprint density at radius 2 is 1.88 bits per heavy atom. The van der Waals surface area contributed by atoms with Crippen molar-refractivity contribution in [1.82, 2.24) is 0 Å². The first-order valence-electron chi connectivity index (χ1n) is 10.4. The molecule has 0 aliphatic carbocycles. The number of benzene rings is 2. The Morgan fingerprint density at radius 1 is 1.18 bits per heavy atom.